The Bertz CT molecular complexity index is 191. The summed E-state index contributed by atoms with van der Waals surface area (Å²) in [5, 5.41) is 8.20. The van der Waals surface area contributed by atoms with Crippen LogP contribution in [0.3, 0.4) is 0 Å². The summed E-state index contributed by atoms with van der Waals surface area (Å²) in [7, 11) is 0. The highest BCUT2D eigenvalue weighted by Crippen LogP contribution is 2.16. The molecule has 5 nitrogen and oxygen atoms in total. The van der Waals surface area contributed by atoms with E-state index in [1.54, 1.807) is 0 Å². The van der Waals surface area contributed by atoms with Crippen LogP contribution in [0.1, 0.15) is 46.5 Å². The first-order valence-electron chi connectivity index (χ1n) is 5.64. The summed E-state index contributed by atoms with van der Waals surface area (Å²) in [6, 6.07) is 0. The van der Waals surface area contributed by atoms with Gasteiger partial charge in [-0.2, -0.15) is 0 Å². The van der Waals surface area contributed by atoms with Gasteiger partial charge in [-0.05, 0) is 33.1 Å². The lowest BCUT2D eigenvalue weighted by molar-refractivity contribution is -0.354. The highest BCUT2D eigenvalue weighted by molar-refractivity contribution is 5.56. The smallest absolute Gasteiger partial charge is 0.450 e. The van der Waals surface area contributed by atoms with Crippen LogP contribution >= 0.6 is 0 Å². The Morgan fingerprint density at radius 1 is 1.25 bits per heavy atom. The fourth-order valence-corrected chi connectivity index (χ4v) is 1.27. The molecule has 0 saturated carbocycles. The van der Waals surface area contributed by atoms with Crippen LogP contribution in [-0.4, -0.2) is 30.1 Å². The van der Waals surface area contributed by atoms with E-state index in [9.17, 15) is 4.79 Å². The summed E-state index contributed by atoms with van der Waals surface area (Å²) in [6.45, 7) is 6.70. The minimum Gasteiger partial charge on any atom is -0.450 e. The maximum Gasteiger partial charge on any atom is 0.505 e. The van der Waals surface area contributed by atoms with Crippen molar-refractivity contribution in [1.29, 1.82) is 0 Å². The van der Waals surface area contributed by atoms with Crippen molar-refractivity contribution >= 4 is 6.16 Å². The lowest BCUT2D eigenvalue weighted by Gasteiger charge is -2.22. The Hall–Kier alpha value is -0.810. The lowest BCUT2D eigenvalue weighted by Crippen LogP contribution is -2.24. The molecule has 0 rings (SSSR count). The van der Waals surface area contributed by atoms with E-state index in [0.717, 1.165) is 19.3 Å². The molecule has 0 aromatic rings. The zero-order valence-corrected chi connectivity index (χ0v) is 10.3. The Balaban J connectivity index is 3.29. The van der Waals surface area contributed by atoms with Gasteiger partial charge >= 0.3 is 6.16 Å². The molecule has 0 saturated heterocycles. The van der Waals surface area contributed by atoms with Gasteiger partial charge in [-0.1, -0.05) is 13.3 Å². The first kappa shape index (κ1) is 15.2. The van der Waals surface area contributed by atoms with E-state index in [-0.39, 0.29) is 12.2 Å². The maximum atomic E-state index is 10.0. The van der Waals surface area contributed by atoms with Gasteiger partial charge in [0.05, 0.1) is 18.8 Å². The number of carboxylic acid groups (broad SMARTS) is 1. The van der Waals surface area contributed by atoms with Crippen molar-refractivity contribution in [2.24, 2.45) is 0 Å². The Labute approximate surface area is 96.6 Å². The molecule has 0 fully saturated rings. The second-order valence-electron chi connectivity index (χ2n) is 4.24. The summed E-state index contributed by atoms with van der Waals surface area (Å²) in [6.07, 6.45) is 2.11. The third-order valence-electron chi connectivity index (χ3n) is 1.98. The highest BCUT2D eigenvalue weighted by atomic mass is 17.2. The molecule has 96 valence electrons. The molecule has 0 unspecified atom stereocenters. The van der Waals surface area contributed by atoms with Crippen LogP contribution in [0.25, 0.3) is 0 Å². The van der Waals surface area contributed by atoms with Gasteiger partial charge in [0.2, 0.25) is 0 Å². The van der Waals surface area contributed by atoms with Crippen molar-refractivity contribution in [2.75, 3.05) is 13.2 Å². The molecule has 0 radical (unpaired) electrons. The predicted octanol–water partition coefficient (Wildman–Crippen LogP) is 2.99. The van der Waals surface area contributed by atoms with Gasteiger partial charge in [0.1, 0.15) is 0 Å². The Morgan fingerprint density at radius 2 is 1.88 bits per heavy atom. The van der Waals surface area contributed by atoms with E-state index in [1.165, 1.54) is 0 Å². The van der Waals surface area contributed by atoms with E-state index in [1.807, 2.05) is 13.8 Å². The fourth-order valence-electron chi connectivity index (χ4n) is 1.27. The molecular weight excluding hydrogens is 212 g/mol. The summed E-state index contributed by atoms with van der Waals surface area (Å²) in [5.74, 6) is 0. The minimum absolute atomic E-state index is 0.205. The third kappa shape index (κ3) is 9.73. The average Bonchev–Trinajstić information content (AvgIpc) is 2.15. The molecule has 1 N–H and O–H groups in total. The maximum absolute atomic E-state index is 10.0. The largest absolute Gasteiger partial charge is 0.505 e. The molecule has 0 aliphatic carbocycles. The standard InChI is InChI=1S/C11H22O5/c1-4-7-11(2,3)16-15-9-6-5-8-14-10(12)13/h4-9H2,1-3H3,(H,12,13). The number of rotatable bonds is 9. The molecule has 0 atom stereocenters. The second kappa shape index (κ2) is 8.35. The van der Waals surface area contributed by atoms with Crippen LogP contribution in [0, 0.1) is 0 Å². The monoisotopic (exact) mass is 234 g/mol. The van der Waals surface area contributed by atoms with Crippen LogP contribution in [-0.2, 0) is 14.5 Å². The number of hydrogen-bond acceptors (Lipinski definition) is 4. The summed E-state index contributed by atoms with van der Waals surface area (Å²) >= 11 is 0. The first-order valence-corrected chi connectivity index (χ1v) is 5.64. The van der Waals surface area contributed by atoms with Crippen molar-refractivity contribution in [3.63, 3.8) is 0 Å². The molecule has 0 spiro atoms. The molecular formula is C11H22O5. The summed E-state index contributed by atoms with van der Waals surface area (Å²) < 4.78 is 4.35. The number of carbonyl (C=O) groups is 1. The topological polar surface area (TPSA) is 65.0 Å². The molecule has 0 bridgehead atoms. The van der Waals surface area contributed by atoms with Crippen LogP contribution in [0.4, 0.5) is 4.79 Å². The molecule has 16 heavy (non-hydrogen) atoms. The van der Waals surface area contributed by atoms with Gasteiger partial charge in [0.25, 0.3) is 0 Å². The van der Waals surface area contributed by atoms with Gasteiger partial charge in [0, 0.05) is 0 Å². The Morgan fingerprint density at radius 3 is 2.44 bits per heavy atom. The van der Waals surface area contributed by atoms with Crippen molar-refractivity contribution in [2.45, 2.75) is 52.1 Å². The molecule has 0 aliphatic heterocycles. The Kier molecular flexibility index (Phi) is 7.93. The van der Waals surface area contributed by atoms with Crippen LogP contribution in [0.5, 0.6) is 0 Å². The third-order valence-corrected chi connectivity index (χ3v) is 1.98. The normalized spacial score (nSPS) is 11.4. The first-order chi connectivity index (χ1) is 7.48. The summed E-state index contributed by atoms with van der Waals surface area (Å²) in [5.41, 5.74) is -0.258. The van der Waals surface area contributed by atoms with Gasteiger partial charge < -0.3 is 9.84 Å². The molecule has 0 amide bonds. The van der Waals surface area contributed by atoms with E-state index >= 15 is 0 Å². The van der Waals surface area contributed by atoms with Crippen LogP contribution in [0.15, 0.2) is 0 Å². The average molecular weight is 234 g/mol. The quantitative estimate of drug-likeness (QED) is 0.287. The van der Waals surface area contributed by atoms with Gasteiger partial charge in [-0.3, -0.25) is 0 Å². The molecule has 0 aromatic carbocycles. The fraction of sp³-hybridized carbons (Fsp3) is 0.909. The van der Waals surface area contributed by atoms with E-state index in [0.29, 0.717) is 13.0 Å². The summed E-state index contributed by atoms with van der Waals surface area (Å²) in [4.78, 5) is 20.3. The van der Waals surface area contributed by atoms with Crippen molar-refractivity contribution in [3.05, 3.63) is 0 Å². The van der Waals surface area contributed by atoms with E-state index in [2.05, 4.69) is 11.7 Å². The van der Waals surface area contributed by atoms with E-state index < -0.39 is 6.16 Å². The van der Waals surface area contributed by atoms with E-state index in [4.69, 9.17) is 14.9 Å². The zero-order valence-electron chi connectivity index (χ0n) is 10.3. The van der Waals surface area contributed by atoms with Crippen molar-refractivity contribution in [1.82, 2.24) is 0 Å². The predicted molar refractivity (Wildman–Crippen MR) is 59.2 cm³/mol. The SMILES string of the molecule is CCCC(C)(C)OOCCCCOC(=O)O. The molecule has 0 aromatic heterocycles. The van der Waals surface area contributed by atoms with Gasteiger partial charge in [-0.15, -0.1) is 0 Å². The zero-order chi connectivity index (χ0) is 12.4. The molecule has 0 heterocycles. The molecule has 5 heteroatoms. The van der Waals surface area contributed by atoms with Gasteiger partial charge in [-0.25, -0.2) is 14.6 Å². The minimum atomic E-state index is -1.23. The highest BCUT2D eigenvalue weighted by Gasteiger charge is 2.18. The second-order valence-corrected chi connectivity index (χ2v) is 4.24. The van der Waals surface area contributed by atoms with Gasteiger partial charge in [0.15, 0.2) is 0 Å². The number of unbranched alkanes of at least 4 members (excludes halogenated alkanes) is 1. The number of hydrogen-bond donors (Lipinski definition) is 1. The lowest BCUT2D eigenvalue weighted by atomic mass is 10.0. The van der Waals surface area contributed by atoms with Crippen molar-refractivity contribution in [3.8, 4) is 0 Å². The van der Waals surface area contributed by atoms with Crippen LogP contribution < -0.4 is 0 Å². The molecule has 0 aliphatic rings. The van der Waals surface area contributed by atoms with Crippen LogP contribution in [0.2, 0.25) is 0 Å². The van der Waals surface area contributed by atoms with Crippen molar-refractivity contribution < 1.29 is 24.4 Å². The number of ether oxygens (including phenoxy) is 1.